The summed E-state index contributed by atoms with van der Waals surface area (Å²) in [5.74, 6) is -2.41. The lowest BCUT2D eigenvalue weighted by Crippen LogP contribution is -2.48. The summed E-state index contributed by atoms with van der Waals surface area (Å²) < 4.78 is 49.4. The van der Waals surface area contributed by atoms with Crippen LogP contribution in [0.2, 0.25) is 0 Å². The highest BCUT2D eigenvalue weighted by atomic mass is 19.3. The van der Waals surface area contributed by atoms with Crippen LogP contribution in [0, 0.1) is 5.82 Å². The van der Waals surface area contributed by atoms with Crippen molar-refractivity contribution in [2.75, 3.05) is 36.8 Å². The van der Waals surface area contributed by atoms with Gasteiger partial charge in [-0.1, -0.05) is 0 Å². The number of rotatable bonds is 1. The number of nitrogens with zero attached hydrogens (tertiary/aromatic N) is 4. The molecule has 1 saturated heterocycles. The minimum atomic E-state index is -3.97. The SMILES string of the molecule is Nc1nc(N2CCN(C(=O)O)CC2)nc2c(F)c3c(cc12)OC(F)(F)O3. The van der Waals surface area contributed by atoms with E-state index in [1.165, 1.54) is 4.90 Å². The topological polar surface area (TPSA) is 114 Å². The molecule has 0 aliphatic carbocycles. The molecule has 9 nitrogen and oxygen atoms in total. The Bertz CT molecular complexity index is 917. The Kier molecular flexibility index (Phi) is 3.39. The third kappa shape index (κ3) is 2.53. The summed E-state index contributed by atoms with van der Waals surface area (Å²) in [6, 6.07) is 1.09. The fourth-order valence-corrected chi connectivity index (χ4v) is 2.87. The summed E-state index contributed by atoms with van der Waals surface area (Å²) in [6.07, 6.45) is -5.01. The third-order valence-corrected chi connectivity index (χ3v) is 4.15. The number of aromatic nitrogens is 2. The van der Waals surface area contributed by atoms with Crippen LogP contribution in [-0.2, 0) is 0 Å². The van der Waals surface area contributed by atoms with Crippen LogP contribution in [0.4, 0.5) is 29.7 Å². The number of hydrogen-bond donors (Lipinski definition) is 2. The fraction of sp³-hybridized carbons (Fsp3) is 0.357. The Morgan fingerprint density at radius 3 is 2.58 bits per heavy atom. The standard InChI is InChI=1S/C14H12F3N5O4/c15-8-9-6(5-7-10(8)26-14(16,17)25-7)11(18)20-12(19-9)21-1-3-22(4-2-21)13(23)24/h5H,1-4H2,(H,23,24)(H2,18,19,20). The zero-order valence-corrected chi connectivity index (χ0v) is 13.1. The molecule has 1 amide bonds. The second-order valence-corrected chi connectivity index (χ2v) is 5.75. The lowest BCUT2D eigenvalue weighted by molar-refractivity contribution is -0.287. The van der Waals surface area contributed by atoms with Crippen molar-refractivity contribution in [3.63, 3.8) is 0 Å². The summed E-state index contributed by atoms with van der Waals surface area (Å²) in [5, 5.41) is 8.98. The van der Waals surface area contributed by atoms with Gasteiger partial charge in [-0.15, -0.1) is 8.78 Å². The Morgan fingerprint density at radius 2 is 1.92 bits per heavy atom. The van der Waals surface area contributed by atoms with Crippen LogP contribution in [0.15, 0.2) is 6.07 Å². The van der Waals surface area contributed by atoms with Crippen LogP contribution in [0.5, 0.6) is 11.5 Å². The number of amides is 1. The summed E-state index contributed by atoms with van der Waals surface area (Å²) in [5.41, 5.74) is 5.55. The number of nitrogens with two attached hydrogens (primary N) is 1. The van der Waals surface area contributed by atoms with Crippen LogP contribution in [0.25, 0.3) is 10.9 Å². The van der Waals surface area contributed by atoms with Crippen LogP contribution in [0.3, 0.4) is 0 Å². The number of benzene rings is 1. The predicted octanol–water partition coefficient (Wildman–Crippen LogP) is 1.47. The Morgan fingerprint density at radius 1 is 1.23 bits per heavy atom. The van der Waals surface area contributed by atoms with Gasteiger partial charge < -0.3 is 30.1 Å². The molecular weight excluding hydrogens is 359 g/mol. The number of carboxylic acid groups (broad SMARTS) is 1. The molecule has 0 bridgehead atoms. The van der Waals surface area contributed by atoms with Gasteiger partial charge in [0.1, 0.15) is 11.3 Å². The molecule has 2 aromatic rings. The smallest absolute Gasteiger partial charge is 0.465 e. The number of piperazine rings is 1. The summed E-state index contributed by atoms with van der Waals surface area (Å²) >= 11 is 0. The van der Waals surface area contributed by atoms with E-state index < -0.39 is 29.7 Å². The van der Waals surface area contributed by atoms with E-state index in [4.69, 9.17) is 10.8 Å². The molecule has 26 heavy (non-hydrogen) atoms. The molecule has 0 radical (unpaired) electrons. The molecule has 0 unspecified atom stereocenters. The highest BCUT2D eigenvalue weighted by Crippen LogP contribution is 2.46. The zero-order valence-electron chi connectivity index (χ0n) is 13.1. The van der Waals surface area contributed by atoms with Gasteiger partial charge in [0.2, 0.25) is 11.7 Å². The van der Waals surface area contributed by atoms with E-state index in [2.05, 4.69) is 19.4 Å². The van der Waals surface area contributed by atoms with Crippen molar-refractivity contribution in [1.29, 1.82) is 0 Å². The first-order valence-electron chi connectivity index (χ1n) is 7.53. The average molecular weight is 371 g/mol. The number of ether oxygens (including phenoxy) is 2. The minimum absolute atomic E-state index is 0.00970. The van der Waals surface area contributed by atoms with Crippen LogP contribution in [0.1, 0.15) is 0 Å². The monoisotopic (exact) mass is 371 g/mol. The van der Waals surface area contributed by atoms with Gasteiger partial charge in [-0.3, -0.25) is 0 Å². The molecule has 4 rings (SSSR count). The highest BCUT2D eigenvalue weighted by molar-refractivity contribution is 5.92. The molecule has 138 valence electrons. The second kappa shape index (κ2) is 5.41. The van der Waals surface area contributed by atoms with Crippen molar-refractivity contribution in [2.45, 2.75) is 6.29 Å². The maximum atomic E-state index is 14.6. The van der Waals surface area contributed by atoms with Gasteiger partial charge in [-0.25, -0.2) is 14.2 Å². The van der Waals surface area contributed by atoms with Crippen molar-refractivity contribution in [2.24, 2.45) is 0 Å². The van der Waals surface area contributed by atoms with Crippen molar-refractivity contribution in [1.82, 2.24) is 14.9 Å². The average Bonchev–Trinajstić information content (AvgIpc) is 2.90. The fourth-order valence-electron chi connectivity index (χ4n) is 2.87. The molecule has 1 aromatic heterocycles. The Labute approximate surface area is 143 Å². The van der Waals surface area contributed by atoms with Crippen molar-refractivity contribution < 1.29 is 32.5 Å². The molecule has 1 aromatic carbocycles. The van der Waals surface area contributed by atoms with Crippen molar-refractivity contribution >= 4 is 28.8 Å². The summed E-state index contributed by atoms with van der Waals surface area (Å²) in [6.45, 7) is 0.988. The molecule has 0 spiro atoms. The maximum absolute atomic E-state index is 14.6. The van der Waals surface area contributed by atoms with E-state index in [1.807, 2.05) is 0 Å². The molecule has 2 aliphatic heterocycles. The number of fused-ring (bicyclic) bond motifs is 2. The lowest BCUT2D eigenvalue weighted by atomic mass is 10.2. The molecule has 3 heterocycles. The number of halogens is 3. The molecular formula is C14H12F3N5O4. The van der Waals surface area contributed by atoms with Gasteiger partial charge in [0.25, 0.3) is 0 Å². The Balaban J connectivity index is 1.72. The first-order valence-corrected chi connectivity index (χ1v) is 7.53. The number of nitrogen functional groups attached to an aromatic ring is 1. The maximum Gasteiger partial charge on any atom is 0.586 e. The first kappa shape index (κ1) is 16.3. The van der Waals surface area contributed by atoms with Gasteiger partial charge in [-0.2, -0.15) is 4.98 Å². The van der Waals surface area contributed by atoms with Gasteiger partial charge in [0.15, 0.2) is 11.6 Å². The van der Waals surface area contributed by atoms with Crippen molar-refractivity contribution in [3.05, 3.63) is 11.9 Å². The number of anilines is 2. The van der Waals surface area contributed by atoms with E-state index in [0.717, 1.165) is 6.07 Å². The second-order valence-electron chi connectivity index (χ2n) is 5.75. The van der Waals surface area contributed by atoms with E-state index in [0.29, 0.717) is 0 Å². The number of alkyl halides is 2. The van der Waals surface area contributed by atoms with Crippen LogP contribution in [-0.4, -0.2) is 58.5 Å². The first-order chi connectivity index (χ1) is 12.2. The van der Waals surface area contributed by atoms with Gasteiger partial charge in [0, 0.05) is 31.6 Å². The van der Waals surface area contributed by atoms with Gasteiger partial charge >= 0.3 is 12.4 Å². The van der Waals surface area contributed by atoms with E-state index in [1.54, 1.807) is 4.90 Å². The molecule has 0 atom stereocenters. The quantitative estimate of drug-likeness (QED) is 0.775. The Hall–Kier alpha value is -3.18. The highest BCUT2D eigenvalue weighted by Gasteiger charge is 2.46. The van der Waals surface area contributed by atoms with E-state index >= 15 is 0 Å². The van der Waals surface area contributed by atoms with Gasteiger partial charge in [-0.05, 0) is 6.07 Å². The van der Waals surface area contributed by atoms with E-state index in [9.17, 15) is 18.0 Å². The number of hydrogen-bond acceptors (Lipinski definition) is 7. The third-order valence-electron chi connectivity index (χ3n) is 4.15. The zero-order chi connectivity index (χ0) is 18.6. The molecule has 1 fully saturated rings. The lowest BCUT2D eigenvalue weighted by Gasteiger charge is -2.33. The normalized spacial score (nSPS) is 18.4. The molecule has 3 N–H and O–H groups in total. The minimum Gasteiger partial charge on any atom is -0.465 e. The summed E-state index contributed by atoms with van der Waals surface area (Å²) in [7, 11) is 0. The number of carbonyl (C=O) groups is 1. The molecule has 0 saturated carbocycles. The molecule has 2 aliphatic rings. The van der Waals surface area contributed by atoms with E-state index in [-0.39, 0.29) is 48.8 Å². The summed E-state index contributed by atoms with van der Waals surface area (Å²) in [4.78, 5) is 22.0. The predicted molar refractivity (Wildman–Crippen MR) is 81.9 cm³/mol. The van der Waals surface area contributed by atoms with Crippen LogP contribution >= 0.6 is 0 Å². The largest absolute Gasteiger partial charge is 0.586 e. The van der Waals surface area contributed by atoms with Crippen molar-refractivity contribution in [3.8, 4) is 11.5 Å². The van der Waals surface area contributed by atoms with Gasteiger partial charge in [0.05, 0.1) is 0 Å². The van der Waals surface area contributed by atoms with Crippen LogP contribution < -0.4 is 20.1 Å². The molecule has 12 heteroatoms.